The van der Waals surface area contributed by atoms with Gasteiger partial charge in [-0.05, 0) is 90.8 Å². The molecule has 4 aliphatic carbocycles. The molecule has 0 saturated heterocycles. The lowest BCUT2D eigenvalue weighted by atomic mass is 9.43. The third kappa shape index (κ3) is 2.14. The van der Waals surface area contributed by atoms with Crippen LogP contribution in [-0.4, -0.2) is 11.2 Å². The average molecular weight is 319 g/mol. The van der Waals surface area contributed by atoms with Gasteiger partial charge in [-0.2, -0.15) is 0 Å². The van der Waals surface area contributed by atoms with Crippen LogP contribution in [0.3, 0.4) is 0 Å². The molecule has 0 bridgehead atoms. The summed E-state index contributed by atoms with van der Waals surface area (Å²) in [6.45, 7) is 12.9. The van der Waals surface area contributed by atoms with Crippen LogP contribution in [0.2, 0.25) is 0 Å². The maximum Gasteiger partial charge on any atom is 0.0545 e. The highest BCUT2D eigenvalue weighted by atomic mass is 16.3. The summed E-state index contributed by atoms with van der Waals surface area (Å²) >= 11 is 0. The topological polar surface area (TPSA) is 20.2 Å². The summed E-state index contributed by atoms with van der Waals surface area (Å²) in [4.78, 5) is 0. The van der Waals surface area contributed by atoms with Crippen molar-refractivity contribution in [1.29, 1.82) is 0 Å². The van der Waals surface area contributed by atoms with Crippen LogP contribution >= 0.6 is 0 Å². The molecule has 1 nitrogen and oxygen atoms in total. The summed E-state index contributed by atoms with van der Waals surface area (Å²) in [5.41, 5.74) is 1.63. The minimum Gasteiger partial charge on any atom is -0.393 e. The van der Waals surface area contributed by atoms with Crippen molar-refractivity contribution in [2.45, 2.75) is 92.1 Å². The molecule has 0 radical (unpaired) electrons. The van der Waals surface area contributed by atoms with Crippen LogP contribution in [0.5, 0.6) is 0 Å². The van der Waals surface area contributed by atoms with E-state index in [4.69, 9.17) is 0 Å². The van der Waals surface area contributed by atoms with Crippen molar-refractivity contribution in [3.63, 3.8) is 0 Å². The van der Waals surface area contributed by atoms with Gasteiger partial charge in [0.15, 0.2) is 0 Å². The Hall–Kier alpha value is -0.0400. The normalized spacial score (nSPS) is 58.2. The van der Waals surface area contributed by atoms with Crippen LogP contribution in [0.4, 0.5) is 0 Å². The summed E-state index contributed by atoms with van der Waals surface area (Å²) in [6.07, 6.45) is 10.7. The SMILES string of the molecule is CC1CC(O)CC2C[C@H]3C(C)(CCC4C(C)(C)CCC[C@@]43C)C12. The van der Waals surface area contributed by atoms with E-state index >= 15 is 0 Å². The largest absolute Gasteiger partial charge is 0.393 e. The first kappa shape index (κ1) is 16.4. The first-order valence-electron chi connectivity index (χ1n) is 10.4. The second-order valence-corrected chi connectivity index (χ2v) is 11.1. The first-order valence-corrected chi connectivity index (χ1v) is 10.4. The number of hydrogen-bond acceptors (Lipinski definition) is 1. The number of rotatable bonds is 0. The van der Waals surface area contributed by atoms with Crippen LogP contribution in [-0.2, 0) is 0 Å². The highest BCUT2D eigenvalue weighted by Gasteiger charge is 2.65. The van der Waals surface area contributed by atoms with E-state index in [9.17, 15) is 5.11 Å². The average Bonchev–Trinajstić information content (AvgIpc) is 2.71. The number of hydrogen-bond donors (Lipinski definition) is 1. The Labute approximate surface area is 143 Å². The molecule has 132 valence electrons. The molecule has 0 aromatic heterocycles. The van der Waals surface area contributed by atoms with Crippen molar-refractivity contribution >= 4 is 0 Å². The lowest BCUT2D eigenvalue weighted by Crippen LogP contribution is -2.54. The van der Waals surface area contributed by atoms with Crippen molar-refractivity contribution in [3.05, 3.63) is 0 Å². The Bertz CT molecular complexity index is 482. The van der Waals surface area contributed by atoms with Gasteiger partial charge in [0.2, 0.25) is 0 Å². The van der Waals surface area contributed by atoms with E-state index in [-0.39, 0.29) is 6.10 Å². The lowest BCUT2D eigenvalue weighted by molar-refractivity contribution is -0.133. The second kappa shape index (κ2) is 4.99. The summed E-state index contributed by atoms with van der Waals surface area (Å²) in [5.74, 6) is 4.21. The van der Waals surface area contributed by atoms with Gasteiger partial charge in [-0.15, -0.1) is 0 Å². The number of aliphatic hydroxyl groups excluding tert-OH is 1. The highest BCUT2D eigenvalue weighted by Crippen LogP contribution is 2.72. The Kier molecular flexibility index (Phi) is 3.57. The van der Waals surface area contributed by atoms with Crippen molar-refractivity contribution in [3.8, 4) is 0 Å². The predicted octanol–water partition coefficient (Wildman–Crippen LogP) is 5.66. The summed E-state index contributed by atoms with van der Waals surface area (Å²) in [7, 11) is 0. The second-order valence-electron chi connectivity index (χ2n) is 11.1. The fourth-order valence-corrected chi connectivity index (χ4v) is 8.99. The molecule has 1 N–H and O–H groups in total. The molecule has 0 aliphatic heterocycles. The van der Waals surface area contributed by atoms with Gasteiger partial charge >= 0.3 is 0 Å². The van der Waals surface area contributed by atoms with E-state index in [0.717, 1.165) is 42.4 Å². The zero-order valence-electron chi connectivity index (χ0n) is 16.1. The van der Waals surface area contributed by atoms with Crippen LogP contribution in [0, 0.1) is 45.8 Å². The molecule has 8 atom stereocenters. The van der Waals surface area contributed by atoms with Gasteiger partial charge in [-0.3, -0.25) is 0 Å². The fourth-order valence-electron chi connectivity index (χ4n) is 8.99. The van der Waals surface area contributed by atoms with Crippen LogP contribution < -0.4 is 0 Å². The van der Waals surface area contributed by atoms with E-state index in [1.807, 2.05) is 0 Å². The minimum absolute atomic E-state index is 0.0265. The van der Waals surface area contributed by atoms with Crippen molar-refractivity contribution in [2.24, 2.45) is 45.8 Å². The van der Waals surface area contributed by atoms with E-state index < -0.39 is 0 Å². The molecule has 4 aliphatic rings. The number of fused-ring (bicyclic) bond motifs is 5. The minimum atomic E-state index is -0.0265. The van der Waals surface area contributed by atoms with Gasteiger partial charge in [0.1, 0.15) is 0 Å². The maximum atomic E-state index is 10.3. The van der Waals surface area contributed by atoms with Gasteiger partial charge in [0, 0.05) is 0 Å². The van der Waals surface area contributed by atoms with E-state index in [2.05, 4.69) is 34.6 Å². The third-order valence-electron chi connectivity index (χ3n) is 9.48. The molecule has 6 unspecified atom stereocenters. The monoisotopic (exact) mass is 318 g/mol. The van der Waals surface area contributed by atoms with E-state index in [1.54, 1.807) is 0 Å². The molecular weight excluding hydrogens is 280 g/mol. The molecule has 0 aromatic rings. The molecule has 4 rings (SSSR count). The molecule has 4 saturated carbocycles. The Balaban J connectivity index is 1.72. The molecule has 0 amide bonds. The standard InChI is InChI=1S/C22H38O/c1-14-11-16(23)12-15-13-18-21(4)9-6-8-20(2,3)17(21)7-10-22(18,5)19(14)15/h14-19,23H,6-13H2,1-5H3/t14?,15?,16?,17?,18-,19?,21+,22?/m1/s1. The zero-order valence-corrected chi connectivity index (χ0v) is 16.1. The molecule has 1 heteroatoms. The zero-order chi connectivity index (χ0) is 16.6. The predicted molar refractivity (Wildman–Crippen MR) is 96.1 cm³/mol. The molecular formula is C22H38O. The molecule has 23 heavy (non-hydrogen) atoms. The summed E-state index contributed by atoms with van der Waals surface area (Å²) in [5, 5.41) is 10.3. The Morgan fingerprint density at radius 1 is 0.826 bits per heavy atom. The van der Waals surface area contributed by atoms with Crippen molar-refractivity contribution < 1.29 is 5.11 Å². The van der Waals surface area contributed by atoms with Gasteiger partial charge in [-0.1, -0.05) is 41.0 Å². The quantitative estimate of drug-likeness (QED) is 0.611. The molecule has 0 spiro atoms. The Morgan fingerprint density at radius 2 is 1.57 bits per heavy atom. The smallest absolute Gasteiger partial charge is 0.0545 e. The van der Waals surface area contributed by atoms with Crippen molar-refractivity contribution in [2.75, 3.05) is 0 Å². The lowest BCUT2D eigenvalue weighted by Gasteiger charge is -2.62. The number of aliphatic hydroxyl groups is 1. The first-order chi connectivity index (χ1) is 10.7. The third-order valence-corrected chi connectivity index (χ3v) is 9.48. The molecule has 0 heterocycles. The molecule has 0 aromatic carbocycles. The van der Waals surface area contributed by atoms with Gasteiger partial charge in [-0.25, -0.2) is 0 Å². The van der Waals surface area contributed by atoms with Crippen LogP contribution in [0.15, 0.2) is 0 Å². The van der Waals surface area contributed by atoms with Gasteiger partial charge in [0.05, 0.1) is 6.10 Å². The van der Waals surface area contributed by atoms with Crippen molar-refractivity contribution in [1.82, 2.24) is 0 Å². The van der Waals surface area contributed by atoms with Gasteiger partial charge < -0.3 is 5.11 Å². The van der Waals surface area contributed by atoms with E-state index in [1.165, 1.54) is 38.5 Å². The fraction of sp³-hybridized carbons (Fsp3) is 1.00. The van der Waals surface area contributed by atoms with Gasteiger partial charge in [0.25, 0.3) is 0 Å². The maximum absolute atomic E-state index is 10.3. The highest BCUT2D eigenvalue weighted by molar-refractivity contribution is 5.14. The van der Waals surface area contributed by atoms with Crippen LogP contribution in [0.1, 0.15) is 86.0 Å². The Morgan fingerprint density at radius 3 is 2.30 bits per heavy atom. The van der Waals surface area contributed by atoms with E-state index in [0.29, 0.717) is 16.2 Å². The summed E-state index contributed by atoms with van der Waals surface area (Å²) < 4.78 is 0. The van der Waals surface area contributed by atoms with Crippen LogP contribution in [0.25, 0.3) is 0 Å². The molecule has 4 fully saturated rings. The summed E-state index contributed by atoms with van der Waals surface area (Å²) in [6, 6.07) is 0.